The lowest BCUT2D eigenvalue weighted by atomic mass is 9.89. The van der Waals surface area contributed by atoms with Gasteiger partial charge in [-0.1, -0.05) is 62.4 Å². The van der Waals surface area contributed by atoms with Crippen LogP contribution in [0.2, 0.25) is 0 Å². The lowest BCUT2D eigenvalue weighted by Crippen LogP contribution is -2.68. The highest BCUT2D eigenvalue weighted by Gasteiger charge is 2.59. The minimum Gasteiger partial charge on any atom is -0.314 e. The molecule has 0 N–H and O–H groups in total. The number of hydrogen-bond acceptors (Lipinski definition) is 4. The molecule has 0 saturated heterocycles. The summed E-state index contributed by atoms with van der Waals surface area (Å²) in [6, 6.07) is 18.2. The Bertz CT molecular complexity index is 1300. The van der Waals surface area contributed by atoms with Crippen molar-refractivity contribution in [3.05, 3.63) is 87.2 Å². The van der Waals surface area contributed by atoms with E-state index in [0.29, 0.717) is 11.4 Å². The van der Waals surface area contributed by atoms with Crippen LogP contribution in [0.4, 0.5) is 0 Å². The normalized spacial score (nSPS) is 22.4. The Kier molecular flexibility index (Phi) is 3.77. The van der Waals surface area contributed by atoms with Crippen molar-refractivity contribution >= 4 is 11.6 Å². The fourth-order valence-electron chi connectivity index (χ4n) is 4.48. The number of amides is 1. The van der Waals surface area contributed by atoms with Gasteiger partial charge >= 0.3 is 11.4 Å². The summed E-state index contributed by atoms with van der Waals surface area (Å²) < 4.78 is 3.75. The van der Waals surface area contributed by atoms with Crippen LogP contribution in [0.3, 0.4) is 0 Å². The molecule has 6 rings (SSSR count). The molecule has 1 aromatic heterocycles. The third kappa shape index (κ3) is 2.10. The first-order chi connectivity index (χ1) is 14.4. The summed E-state index contributed by atoms with van der Waals surface area (Å²) in [4.78, 5) is 46.8. The van der Waals surface area contributed by atoms with Gasteiger partial charge in [-0.05, 0) is 17.7 Å². The van der Waals surface area contributed by atoms with Crippen molar-refractivity contribution in [2.75, 3.05) is 7.05 Å². The Morgan fingerprint density at radius 3 is 2.10 bits per heavy atom. The summed E-state index contributed by atoms with van der Waals surface area (Å²) in [5, 5.41) is 0. The second-order valence-electron chi connectivity index (χ2n) is 7.93. The number of carbonyl (C=O) groups is 1. The van der Waals surface area contributed by atoms with E-state index in [-0.39, 0.29) is 11.8 Å². The van der Waals surface area contributed by atoms with Gasteiger partial charge in [-0.3, -0.25) is 4.79 Å². The number of hydrogen-bond donors (Lipinski definition) is 0. The zero-order chi connectivity index (χ0) is 21.2. The summed E-state index contributed by atoms with van der Waals surface area (Å²) in [7, 11) is 1.65. The second-order valence-corrected chi connectivity index (χ2v) is 7.93. The van der Waals surface area contributed by atoms with Gasteiger partial charge in [-0.2, -0.15) is 9.36 Å². The number of carbonyl (C=O) groups excluding carboxylic acids is 1. The van der Waals surface area contributed by atoms with E-state index in [4.69, 9.17) is 4.99 Å². The number of rotatable bonds is 3. The third-order valence-corrected chi connectivity index (χ3v) is 5.96. The molecule has 2 bridgehead atoms. The predicted molar refractivity (Wildman–Crippen MR) is 112 cm³/mol. The van der Waals surface area contributed by atoms with Crippen molar-refractivity contribution in [3.63, 3.8) is 0 Å². The average molecular weight is 403 g/mol. The molecule has 3 aliphatic heterocycles. The van der Waals surface area contributed by atoms with Crippen LogP contribution in [0.1, 0.15) is 25.6 Å². The standard InChI is InChI=1S/C22H21N5O3/c1-14(2)22-19(28)24(3)18(17(23-22)15-10-6-4-7-11-15)26-20(29)25(21(30)27(22)26)16-12-8-5-9-13-16/h4-14,18H,1-3H3/t18-,22-/m1/s1. The van der Waals surface area contributed by atoms with Gasteiger partial charge in [0.25, 0.3) is 5.91 Å². The molecule has 1 amide bonds. The molecule has 0 spiro atoms. The average Bonchev–Trinajstić information content (AvgIpc) is 3.03. The fraction of sp³-hybridized carbons (Fsp3) is 0.273. The molecular weight excluding hydrogens is 382 g/mol. The summed E-state index contributed by atoms with van der Waals surface area (Å²) in [5.41, 5.74) is -0.725. The zero-order valence-electron chi connectivity index (χ0n) is 16.9. The molecular formula is C22H21N5O3. The first kappa shape index (κ1) is 18.4. The van der Waals surface area contributed by atoms with Crippen LogP contribution in [0, 0.1) is 5.92 Å². The summed E-state index contributed by atoms with van der Waals surface area (Å²) >= 11 is 0. The number of aliphatic imine (C=N–C) groups is 1. The topological polar surface area (TPSA) is 81.6 Å². The van der Waals surface area contributed by atoms with E-state index < -0.39 is 23.2 Å². The highest BCUT2D eigenvalue weighted by atomic mass is 16.2. The smallest absolute Gasteiger partial charge is 0.314 e. The van der Waals surface area contributed by atoms with E-state index in [1.54, 1.807) is 31.3 Å². The van der Waals surface area contributed by atoms with Crippen LogP contribution in [-0.2, 0) is 10.5 Å². The SMILES string of the molecule is CC(C)[C@]12N=C(c3ccccc3)[C@H](N(C)C1=O)n1c(=O)n(-c3ccccc3)c(=O)n12. The van der Waals surface area contributed by atoms with E-state index in [0.717, 1.165) is 10.1 Å². The Balaban J connectivity index is 1.90. The first-order valence-corrected chi connectivity index (χ1v) is 9.84. The predicted octanol–water partition coefficient (Wildman–Crippen LogP) is 1.58. The highest BCUT2D eigenvalue weighted by molar-refractivity contribution is 6.09. The highest BCUT2D eigenvalue weighted by Crippen LogP contribution is 2.42. The molecule has 8 nitrogen and oxygen atoms in total. The van der Waals surface area contributed by atoms with Gasteiger partial charge in [-0.25, -0.2) is 19.1 Å². The maximum Gasteiger partial charge on any atom is 0.354 e. The largest absolute Gasteiger partial charge is 0.354 e. The molecule has 3 aliphatic rings. The van der Waals surface area contributed by atoms with Crippen LogP contribution < -0.4 is 11.4 Å². The number of benzene rings is 2. The maximum absolute atomic E-state index is 13.5. The van der Waals surface area contributed by atoms with E-state index in [1.807, 2.05) is 50.2 Å². The molecule has 0 fully saturated rings. The van der Waals surface area contributed by atoms with E-state index in [1.165, 1.54) is 14.3 Å². The summed E-state index contributed by atoms with van der Waals surface area (Å²) in [5.74, 6) is -0.656. The Hall–Kier alpha value is -3.68. The Morgan fingerprint density at radius 2 is 1.50 bits per heavy atom. The number of aromatic nitrogens is 3. The Labute approximate surface area is 172 Å². The Morgan fingerprint density at radius 1 is 0.900 bits per heavy atom. The third-order valence-electron chi connectivity index (χ3n) is 5.96. The van der Waals surface area contributed by atoms with Crippen LogP contribution in [0.25, 0.3) is 5.69 Å². The molecule has 4 heterocycles. The number of likely N-dealkylation sites (N-methyl/N-ethyl adjacent to an activating group) is 1. The molecule has 0 saturated carbocycles. The quantitative estimate of drug-likeness (QED) is 0.666. The van der Waals surface area contributed by atoms with Crippen molar-refractivity contribution in [1.82, 2.24) is 18.8 Å². The minimum atomic E-state index is -1.52. The number of nitrogens with zero attached hydrogens (tertiary/aromatic N) is 5. The summed E-state index contributed by atoms with van der Waals surface area (Å²) in [6.45, 7) is 3.68. The van der Waals surface area contributed by atoms with Gasteiger partial charge in [0.1, 0.15) is 0 Å². The lowest BCUT2D eigenvalue weighted by Gasteiger charge is -2.50. The van der Waals surface area contributed by atoms with Gasteiger partial charge in [0.05, 0.1) is 11.4 Å². The molecule has 0 radical (unpaired) electrons. The van der Waals surface area contributed by atoms with E-state index in [9.17, 15) is 14.4 Å². The van der Waals surface area contributed by atoms with Crippen LogP contribution in [0.5, 0.6) is 0 Å². The van der Waals surface area contributed by atoms with Crippen LogP contribution in [-0.4, -0.2) is 37.5 Å². The van der Waals surface area contributed by atoms with Crippen molar-refractivity contribution < 1.29 is 4.79 Å². The van der Waals surface area contributed by atoms with Crippen LogP contribution >= 0.6 is 0 Å². The zero-order valence-corrected chi connectivity index (χ0v) is 16.9. The van der Waals surface area contributed by atoms with Gasteiger partial charge in [0, 0.05) is 13.0 Å². The van der Waals surface area contributed by atoms with Crippen molar-refractivity contribution in [3.8, 4) is 5.69 Å². The maximum atomic E-state index is 13.5. The molecule has 2 aromatic carbocycles. The van der Waals surface area contributed by atoms with Gasteiger partial charge in [0.2, 0.25) is 5.66 Å². The monoisotopic (exact) mass is 403 g/mol. The molecule has 2 atom stereocenters. The van der Waals surface area contributed by atoms with Crippen molar-refractivity contribution in [2.24, 2.45) is 10.9 Å². The molecule has 0 unspecified atom stereocenters. The molecule has 3 aromatic rings. The van der Waals surface area contributed by atoms with E-state index >= 15 is 0 Å². The van der Waals surface area contributed by atoms with E-state index in [2.05, 4.69) is 0 Å². The van der Waals surface area contributed by atoms with Crippen molar-refractivity contribution in [2.45, 2.75) is 25.7 Å². The van der Waals surface area contributed by atoms with Crippen molar-refractivity contribution in [1.29, 1.82) is 0 Å². The molecule has 30 heavy (non-hydrogen) atoms. The number of fused-ring (bicyclic) bond motifs is 1. The minimum absolute atomic E-state index is 0.297. The molecule has 8 heteroatoms. The second kappa shape index (κ2) is 6.16. The van der Waals surface area contributed by atoms with Crippen LogP contribution in [0.15, 0.2) is 75.2 Å². The first-order valence-electron chi connectivity index (χ1n) is 9.84. The van der Waals surface area contributed by atoms with Gasteiger partial charge in [0.15, 0.2) is 6.17 Å². The lowest BCUT2D eigenvalue weighted by molar-refractivity contribution is -0.154. The van der Waals surface area contributed by atoms with Gasteiger partial charge in [-0.15, -0.1) is 0 Å². The molecule has 0 aliphatic carbocycles. The molecule has 152 valence electrons. The number of para-hydroxylation sites is 1. The fourth-order valence-corrected chi connectivity index (χ4v) is 4.48. The van der Waals surface area contributed by atoms with Gasteiger partial charge < -0.3 is 4.90 Å². The summed E-state index contributed by atoms with van der Waals surface area (Å²) in [6.07, 6.45) is -0.800.